The third kappa shape index (κ3) is 18.6. The molecule has 0 amide bonds. The van der Waals surface area contributed by atoms with Gasteiger partial charge in [0.25, 0.3) is 0 Å². The zero-order valence-corrected chi connectivity index (χ0v) is 37.2. The molecule has 18 heteroatoms. The summed E-state index contributed by atoms with van der Waals surface area (Å²) in [6.45, 7) is 5.66. The van der Waals surface area contributed by atoms with E-state index in [1.54, 1.807) is 24.3 Å². The first-order valence-corrected chi connectivity index (χ1v) is 16.5. The van der Waals surface area contributed by atoms with Crippen LogP contribution in [-0.2, 0) is 25.5 Å². The molecule has 1 saturated heterocycles. The molecular weight excluding hydrogens is 723 g/mol. The third-order valence-corrected chi connectivity index (χ3v) is 7.88. The molecule has 1 aliphatic heterocycles. The minimum absolute atomic E-state index is 0. The van der Waals surface area contributed by atoms with Gasteiger partial charge in [-0.15, -0.1) is 0 Å². The number of aromatic nitrogens is 2. The summed E-state index contributed by atoms with van der Waals surface area (Å²) in [5.41, 5.74) is 1.75. The van der Waals surface area contributed by atoms with Crippen LogP contribution in [0.2, 0.25) is 0 Å². The van der Waals surface area contributed by atoms with Crippen LogP contribution in [0.5, 0.6) is 0 Å². The molecule has 1 aromatic carbocycles. The fraction of sp³-hybridized carbons (Fsp3) is 0.441. The van der Waals surface area contributed by atoms with E-state index in [4.69, 9.17) is 29.3 Å². The van der Waals surface area contributed by atoms with E-state index in [1.165, 1.54) is 12.1 Å². The predicted octanol–water partition coefficient (Wildman–Crippen LogP) is -9.26. The molecule has 1 unspecified atom stereocenters. The zero-order chi connectivity index (χ0) is 35.3. The zero-order valence-electron chi connectivity index (χ0n) is 30.4. The maximum Gasteiger partial charge on any atom is 1.00 e. The minimum atomic E-state index is -1.36. The van der Waals surface area contributed by atoms with Crippen molar-refractivity contribution in [2.45, 2.75) is 17.5 Å². The number of pyridine rings is 2. The SMILES string of the molecule is C[O-].N#CSc1ccc(C(c2cccc(C(=O)[O-])n2)N2CCOCCOCCN(Cc3cccc(C(=O)[O-])n3)CCOCCOCC2)cc1.[Na+].[Na+].[Na+]. The topological polar surface area (TPSA) is 196 Å². The largest absolute Gasteiger partial charge is 1.00 e. The number of hydrogen-bond acceptors (Lipinski definition) is 15. The van der Waals surface area contributed by atoms with Crippen LogP contribution in [0.3, 0.4) is 0 Å². The molecule has 0 spiro atoms. The number of rotatable bonds is 8. The summed E-state index contributed by atoms with van der Waals surface area (Å²) in [5, 5.41) is 42.3. The molecule has 1 fully saturated rings. The normalized spacial score (nSPS) is 15.9. The van der Waals surface area contributed by atoms with E-state index in [0.717, 1.165) is 29.3 Å². The summed E-state index contributed by atoms with van der Waals surface area (Å²) < 4.78 is 23.5. The van der Waals surface area contributed by atoms with Gasteiger partial charge in [0.05, 0.1) is 93.6 Å². The molecule has 0 saturated carbocycles. The molecule has 3 aromatic rings. The number of aromatic carboxylic acids is 2. The van der Waals surface area contributed by atoms with E-state index in [1.807, 2.05) is 24.3 Å². The number of carboxylic acids is 2. The van der Waals surface area contributed by atoms with Crippen LogP contribution >= 0.6 is 11.8 Å². The first-order valence-electron chi connectivity index (χ1n) is 15.6. The maximum absolute atomic E-state index is 11.6. The number of carbonyl (C=O) groups excluding carboxylic acids is 2. The number of benzene rings is 1. The van der Waals surface area contributed by atoms with Crippen LogP contribution in [0.15, 0.2) is 65.6 Å². The van der Waals surface area contributed by atoms with Crippen molar-refractivity contribution >= 4 is 23.7 Å². The molecule has 0 radical (unpaired) electrons. The van der Waals surface area contributed by atoms with Gasteiger partial charge in [0, 0.05) is 37.6 Å². The average Bonchev–Trinajstić information content (AvgIpc) is 3.11. The van der Waals surface area contributed by atoms with Crippen molar-refractivity contribution in [1.29, 1.82) is 5.26 Å². The summed E-state index contributed by atoms with van der Waals surface area (Å²) in [6, 6.07) is 16.8. The van der Waals surface area contributed by atoms with Crippen molar-refractivity contribution in [3.05, 3.63) is 89.0 Å². The van der Waals surface area contributed by atoms with Crippen molar-refractivity contribution < 1.29 is 133 Å². The van der Waals surface area contributed by atoms with E-state index in [2.05, 4.69) is 25.2 Å². The van der Waals surface area contributed by atoms with E-state index in [9.17, 15) is 19.8 Å². The summed E-state index contributed by atoms with van der Waals surface area (Å²) in [7, 11) is 0.750. The van der Waals surface area contributed by atoms with Gasteiger partial charge in [-0.3, -0.25) is 14.8 Å². The summed E-state index contributed by atoms with van der Waals surface area (Å²) in [6.07, 6.45) is 0. The fourth-order valence-corrected chi connectivity index (χ4v) is 5.38. The van der Waals surface area contributed by atoms with Crippen LogP contribution in [-0.4, -0.2) is 118 Å². The Balaban J connectivity index is 0.00000511. The molecule has 4 rings (SSSR count). The first-order chi connectivity index (χ1) is 23.9. The average molecular weight is 764 g/mol. The minimum Gasteiger partial charge on any atom is -0.857 e. The van der Waals surface area contributed by atoms with Crippen LogP contribution in [0.4, 0.5) is 0 Å². The molecule has 0 N–H and O–H groups in total. The number of nitrogens with zero attached hydrogens (tertiary/aromatic N) is 5. The molecule has 2 aromatic heterocycles. The molecule has 0 bridgehead atoms. The maximum atomic E-state index is 11.6. The molecule has 1 atom stereocenters. The van der Waals surface area contributed by atoms with E-state index >= 15 is 0 Å². The molecule has 52 heavy (non-hydrogen) atoms. The van der Waals surface area contributed by atoms with Crippen molar-refractivity contribution in [1.82, 2.24) is 19.8 Å². The Kier molecular flexibility index (Phi) is 29.7. The Labute approximate surface area is 375 Å². The number of ether oxygens (including phenoxy) is 4. The van der Waals surface area contributed by atoms with Gasteiger partial charge in [-0.2, -0.15) is 12.4 Å². The van der Waals surface area contributed by atoms with Crippen molar-refractivity contribution in [2.24, 2.45) is 0 Å². The van der Waals surface area contributed by atoms with Crippen molar-refractivity contribution in [2.75, 3.05) is 86.1 Å². The van der Waals surface area contributed by atoms with Crippen LogP contribution in [0.1, 0.15) is 44.0 Å². The number of thiocyanates is 1. The van der Waals surface area contributed by atoms with E-state index < -0.39 is 18.0 Å². The van der Waals surface area contributed by atoms with Crippen molar-refractivity contribution in [3.63, 3.8) is 0 Å². The van der Waals surface area contributed by atoms with Gasteiger partial charge in [0.2, 0.25) is 0 Å². The standard InChI is InChI=1S/C33H39N5O8S.CH3O.3Na/c34-24-47-27-9-7-25(8-10-27)31(28-4-2-6-30(36-28)33(41)42)38-13-17-45-21-19-43-15-11-37(12-16-44-20-22-46-18-14-38)23-26-3-1-5-29(35-26)32(39)40;1-2;;;/h1-10,31H,11-23H2,(H,39,40)(H,41,42);1H3;;;/q;-1;3*+1/p-2. The summed E-state index contributed by atoms with van der Waals surface area (Å²) in [5.74, 6) is -2.68. The third-order valence-electron chi connectivity index (χ3n) is 7.28. The Morgan fingerprint density at radius 1 is 0.731 bits per heavy atom. The molecule has 14 nitrogen and oxygen atoms in total. The second-order valence-corrected chi connectivity index (χ2v) is 11.3. The first kappa shape index (κ1) is 51.0. The molecule has 264 valence electrons. The van der Waals surface area contributed by atoms with Gasteiger partial charge in [0.15, 0.2) is 0 Å². The molecule has 3 heterocycles. The smallest absolute Gasteiger partial charge is 0.857 e. The number of nitriles is 1. The van der Waals surface area contributed by atoms with E-state index in [0.29, 0.717) is 97.0 Å². The Morgan fingerprint density at radius 3 is 1.71 bits per heavy atom. The van der Waals surface area contributed by atoms with E-state index in [-0.39, 0.29) is 100 Å². The van der Waals surface area contributed by atoms with Gasteiger partial charge in [-0.05, 0) is 53.7 Å². The molecule has 1 aliphatic rings. The van der Waals surface area contributed by atoms with Crippen LogP contribution < -0.4 is 104 Å². The van der Waals surface area contributed by atoms with Crippen LogP contribution in [0, 0.1) is 10.7 Å². The quantitative estimate of drug-likeness (QED) is 0.119. The predicted molar refractivity (Wildman–Crippen MR) is 173 cm³/mol. The van der Waals surface area contributed by atoms with Gasteiger partial charge in [-0.1, -0.05) is 24.3 Å². The number of carbonyl (C=O) groups is 2. The molecular formula is C34H40N5Na3O9S. The van der Waals surface area contributed by atoms with Gasteiger partial charge >= 0.3 is 88.7 Å². The van der Waals surface area contributed by atoms with Gasteiger partial charge < -0.3 is 43.9 Å². The summed E-state index contributed by atoms with van der Waals surface area (Å²) in [4.78, 5) is 36.4. The fourth-order valence-electron chi connectivity index (χ4n) is 5.00. The van der Waals surface area contributed by atoms with Crippen LogP contribution in [0.25, 0.3) is 0 Å². The van der Waals surface area contributed by atoms with Crippen molar-refractivity contribution in [3.8, 4) is 5.40 Å². The second-order valence-electron chi connectivity index (χ2n) is 10.5. The Bertz CT molecular complexity index is 1470. The Morgan fingerprint density at radius 2 is 1.21 bits per heavy atom. The number of thioether (sulfide) groups is 1. The number of carboxylic acid groups (broad SMARTS) is 2. The molecule has 0 aliphatic carbocycles. The number of hydrogen-bond donors (Lipinski definition) is 0. The van der Waals surface area contributed by atoms with Gasteiger partial charge in [-0.25, -0.2) is 4.98 Å². The van der Waals surface area contributed by atoms with Gasteiger partial charge in [0.1, 0.15) is 5.40 Å². The Hall–Kier alpha value is -0.980. The monoisotopic (exact) mass is 763 g/mol. The second kappa shape index (κ2) is 30.3. The summed E-state index contributed by atoms with van der Waals surface area (Å²) >= 11 is 1.06.